The number of nitrogens with zero attached hydrogens (tertiary/aromatic N) is 1. The van der Waals surface area contributed by atoms with Gasteiger partial charge in [0.05, 0.1) is 12.3 Å². The van der Waals surface area contributed by atoms with Crippen LogP contribution in [-0.4, -0.2) is 37.7 Å². The molecule has 2 aromatic rings. The number of hydrogen-bond acceptors (Lipinski definition) is 3. The first-order valence-electron chi connectivity index (χ1n) is 8.19. The van der Waals surface area contributed by atoms with Crippen LogP contribution in [-0.2, 0) is 4.74 Å². The number of amides is 1. The molecule has 1 amide bonds. The Bertz CT molecular complexity index is 767. The monoisotopic (exact) mass is 378 g/mol. The van der Waals surface area contributed by atoms with E-state index >= 15 is 0 Å². The summed E-state index contributed by atoms with van der Waals surface area (Å²) in [5.74, 6) is 0.397. The zero-order chi connectivity index (χ0) is 17.8. The highest BCUT2D eigenvalue weighted by molar-refractivity contribution is 6.31. The summed E-state index contributed by atoms with van der Waals surface area (Å²) < 4.78 is 5.39. The van der Waals surface area contributed by atoms with Gasteiger partial charge in [-0.2, -0.15) is 0 Å². The number of carbonyl (C=O) groups excluding carboxylic acids is 1. The maximum Gasteiger partial charge on any atom is 0.411 e. The third-order valence-corrected chi connectivity index (χ3v) is 4.76. The first-order valence-corrected chi connectivity index (χ1v) is 8.94. The van der Waals surface area contributed by atoms with Gasteiger partial charge in [-0.1, -0.05) is 35.3 Å². The molecule has 1 N–H and O–H groups in total. The normalized spacial score (nSPS) is 17.5. The van der Waals surface area contributed by atoms with Crippen LogP contribution in [0.4, 0.5) is 10.5 Å². The molecular formula is C19H20Cl2N2O2. The molecule has 1 fully saturated rings. The first kappa shape index (κ1) is 18.1. The van der Waals surface area contributed by atoms with E-state index in [1.807, 2.05) is 18.2 Å². The Balaban J connectivity index is 1.70. The number of rotatable bonds is 4. The molecule has 0 aromatic heterocycles. The van der Waals surface area contributed by atoms with Crippen molar-refractivity contribution >= 4 is 35.0 Å². The molecule has 1 saturated heterocycles. The van der Waals surface area contributed by atoms with E-state index in [1.165, 1.54) is 0 Å². The van der Waals surface area contributed by atoms with Crippen LogP contribution >= 0.6 is 23.2 Å². The minimum Gasteiger partial charge on any atom is -0.449 e. The molecule has 0 unspecified atom stereocenters. The summed E-state index contributed by atoms with van der Waals surface area (Å²) in [4.78, 5) is 14.4. The molecule has 132 valence electrons. The van der Waals surface area contributed by atoms with E-state index in [9.17, 15) is 4.79 Å². The lowest BCUT2D eigenvalue weighted by molar-refractivity contribution is 0.142. The van der Waals surface area contributed by atoms with Gasteiger partial charge in [0.25, 0.3) is 0 Å². The third kappa shape index (κ3) is 4.88. The molecule has 1 heterocycles. The second-order valence-corrected chi connectivity index (χ2v) is 7.21. The summed E-state index contributed by atoms with van der Waals surface area (Å²) in [5, 5.41) is 4.02. The van der Waals surface area contributed by atoms with Crippen molar-refractivity contribution in [1.29, 1.82) is 0 Å². The molecule has 1 aliphatic rings. The molecule has 0 radical (unpaired) electrons. The van der Waals surface area contributed by atoms with E-state index < -0.39 is 6.09 Å². The predicted molar refractivity (Wildman–Crippen MR) is 102 cm³/mol. The topological polar surface area (TPSA) is 41.6 Å². The minimum atomic E-state index is -0.458. The molecule has 0 spiro atoms. The van der Waals surface area contributed by atoms with Crippen molar-refractivity contribution in [3.8, 4) is 11.1 Å². The molecule has 0 saturated carbocycles. The molecule has 2 aromatic carbocycles. The van der Waals surface area contributed by atoms with Crippen LogP contribution < -0.4 is 5.32 Å². The summed E-state index contributed by atoms with van der Waals surface area (Å²) >= 11 is 12.2. The van der Waals surface area contributed by atoms with E-state index in [-0.39, 0.29) is 0 Å². The highest BCUT2D eigenvalue weighted by atomic mass is 35.5. The van der Waals surface area contributed by atoms with Crippen LogP contribution in [0.5, 0.6) is 0 Å². The lowest BCUT2D eigenvalue weighted by atomic mass is 10.0. The van der Waals surface area contributed by atoms with Crippen molar-refractivity contribution in [3.63, 3.8) is 0 Å². The maximum absolute atomic E-state index is 12.2. The molecule has 4 nitrogen and oxygen atoms in total. The second-order valence-electron chi connectivity index (χ2n) is 6.34. The van der Waals surface area contributed by atoms with Gasteiger partial charge in [-0.05, 0) is 55.9 Å². The van der Waals surface area contributed by atoms with Crippen molar-refractivity contribution in [2.24, 2.45) is 5.92 Å². The van der Waals surface area contributed by atoms with Crippen molar-refractivity contribution in [2.45, 2.75) is 6.42 Å². The quantitative estimate of drug-likeness (QED) is 0.798. The van der Waals surface area contributed by atoms with Crippen LogP contribution in [0, 0.1) is 5.92 Å². The van der Waals surface area contributed by atoms with Gasteiger partial charge in [-0.3, -0.25) is 5.32 Å². The van der Waals surface area contributed by atoms with E-state index in [0.717, 1.165) is 30.6 Å². The van der Waals surface area contributed by atoms with Crippen molar-refractivity contribution in [1.82, 2.24) is 4.90 Å². The fourth-order valence-electron chi connectivity index (χ4n) is 3.02. The molecule has 0 aliphatic carbocycles. The van der Waals surface area contributed by atoms with Gasteiger partial charge in [0.1, 0.15) is 0 Å². The molecule has 1 aliphatic heterocycles. The number of halogens is 2. The Morgan fingerprint density at radius 3 is 2.76 bits per heavy atom. The number of carbonyl (C=O) groups is 1. The maximum atomic E-state index is 12.2. The summed E-state index contributed by atoms with van der Waals surface area (Å²) in [7, 11) is 2.07. The average Bonchev–Trinajstić information content (AvgIpc) is 3.00. The fraction of sp³-hybridized carbons (Fsp3) is 0.316. The second kappa shape index (κ2) is 8.09. The van der Waals surface area contributed by atoms with Gasteiger partial charge >= 0.3 is 6.09 Å². The summed E-state index contributed by atoms with van der Waals surface area (Å²) in [6.07, 6.45) is 0.596. The smallest absolute Gasteiger partial charge is 0.411 e. The van der Waals surface area contributed by atoms with Crippen molar-refractivity contribution < 1.29 is 9.53 Å². The summed E-state index contributed by atoms with van der Waals surface area (Å²) in [6.45, 7) is 2.43. The molecule has 1 atom stereocenters. The van der Waals surface area contributed by atoms with Crippen LogP contribution in [0.25, 0.3) is 11.1 Å². The largest absolute Gasteiger partial charge is 0.449 e. The Morgan fingerprint density at radius 1 is 1.24 bits per heavy atom. The minimum absolute atomic E-state index is 0.397. The summed E-state index contributed by atoms with van der Waals surface area (Å²) in [6, 6.07) is 12.7. The molecule has 0 bridgehead atoms. The molecule has 25 heavy (non-hydrogen) atoms. The number of anilines is 1. The predicted octanol–water partition coefficient (Wildman–Crippen LogP) is 5.16. The number of nitrogens with one attached hydrogen (secondary N) is 1. The van der Waals surface area contributed by atoms with Gasteiger partial charge in [0.15, 0.2) is 0 Å². The third-order valence-electron chi connectivity index (χ3n) is 4.29. The standard InChI is InChI=1S/C19H20Cl2N2O2/c1-23-8-7-13(11-23)12-25-19(24)22-18-6-5-16(21)10-17(18)14-3-2-4-15(20)9-14/h2-6,9-10,13H,7-8,11-12H2,1H3,(H,22,24)/t13-/m1/s1. The van der Waals surface area contributed by atoms with E-state index in [1.54, 1.807) is 24.3 Å². The Hall–Kier alpha value is -1.75. The first-order chi connectivity index (χ1) is 12.0. The average molecular weight is 379 g/mol. The van der Waals surface area contributed by atoms with Crippen LogP contribution in [0.3, 0.4) is 0 Å². The lowest BCUT2D eigenvalue weighted by Gasteiger charge is -2.14. The van der Waals surface area contributed by atoms with Crippen molar-refractivity contribution in [2.75, 3.05) is 32.1 Å². The SMILES string of the molecule is CN1CC[C@@H](COC(=O)Nc2ccc(Cl)cc2-c2cccc(Cl)c2)C1. The number of likely N-dealkylation sites (tertiary alicyclic amines) is 1. The number of ether oxygens (including phenoxy) is 1. The molecular weight excluding hydrogens is 359 g/mol. The summed E-state index contributed by atoms with van der Waals surface area (Å²) in [5.41, 5.74) is 2.32. The highest BCUT2D eigenvalue weighted by Gasteiger charge is 2.21. The van der Waals surface area contributed by atoms with Crippen LogP contribution in [0.1, 0.15) is 6.42 Å². The van der Waals surface area contributed by atoms with E-state index in [4.69, 9.17) is 27.9 Å². The highest BCUT2D eigenvalue weighted by Crippen LogP contribution is 2.32. The van der Waals surface area contributed by atoms with Crippen LogP contribution in [0.2, 0.25) is 10.0 Å². The van der Waals surface area contributed by atoms with Crippen molar-refractivity contribution in [3.05, 3.63) is 52.5 Å². The zero-order valence-corrected chi connectivity index (χ0v) is 15.5. The van der Waals surface area contributed by atoms with Gasteiger partial charge in [-0.25, -0.2) is 4.79 Å². The van der Waals surface area contributed by atoms with E-state index in [0.29, 0.717) is 28.3 Å². The Morgan fingerprint density at radius 2 is 2.04 bits per heavy atom. The Labute approximate surface area is 157 Å². The van der Waals surface area contributed by atoms with Gasteiger partial charge < -0.3 is 9.64 Å². The number of benzene rings is 2. The van der Waals surface area contributed by atoms with Gasteiger partial charge in [-0.15, -0.1) is 0 Å². The van der Waals surface area contributed by atoms with Crippen LogP contribution in [0.15, 0.2) is 42.5 Å². The molecule has 6 heteroatoms. The molecule has 3 rings (SSSR count). The fourth-order valence-corrected chi connectivity index (χ4v) is 3.38. The number of hydrogen-bond donors (Lipinski definition) is 1. The van der Waals surface area contributed by atoms with E-state index in [2.05, 4.69) is 17.3 Å². The lowest BCUT2D eigenvalue weighted by Crippen LogP contribution is -2.21. The van der Waals surface area contributed by atoms with Gasteiger partial charge in [0.2, 0.25) is 0 Å². The Kier molecular flexibility index (Phi) is 5.84. The zero-order valence-electron chi connectivity index (χ0n) is 14.0. The van der Waals surface area contributed by atoms with Gasteiger partial charge in [0, 0.05) is 28.1 Å².